The fourth-order valence-electron chi connectivity index (χ4n) is 2.76. The van der Waals surface area contributed by atoms with Crippen molar-refractivity contribution in [1.82, 2.24) is 9.80 Å². The lowest BCUT2D eigenvalue weighted by atomic mass is 10.0. The van der Waals surface area contributed by atoms with Crippen molar-refractivity contribution in [3.8, 4) is 11.8 Å². The van der Waals surface area contributed by atoms with Crippen LogP contribution < -0.4 is 5.73 Å². The van der Waals surface area contributed by atoms with E-state index in [1.54, 1.807) is 0 Å². The molecule has 1 aliphatic heterocycles. The van der Waals surface area contributed by atoms with Gasteiger partial charge in [-0.3, -0.25) is 4.90 Å². The van der Waals surface area contributed by atoms with E-state index in [1.165, 1.54) is 18.9 Å². The molecule has 0 radical (unpaired) electrons. The fraction of sp³-hybridized carbons (Fsp3) is 0.529. The quantitative estimate of drug-likeness (QED) is 0.859. The molecule has 2 rings (SSSR count). The highest BCUT2D eigenvalue weighted by Gasteiger charge is 2.20. The SMILES string of the molecule is CN(C)C1CCN(Cc2ccc(F)c(C#CCN)c2)CC1. The first-order valence-electron chi connectivity index (χ1n) is 7.46. The second-order valence-electron chi connectivity index (χ2n) is 5.79. The third-order valence-corrected chi connectivity index (χ3v) is 4.05. The molecule has 1 fully saturated rings. The van der Waals surface area contributed by atoms with Gasteiger partial charge in [0, 0.05) is 12.6 Å². The van der Waals surface area contributed by atoms with Gasteiger partial charge in [-0.1, -0.05) is 17.9 Å². The van der Waals surface area contributed by atoms with Crippen LogP contribution in [0.5, 0.6) is 0 Å². The van der Waals surface area contributed by atoms with Crippen LogP contribution in [0, 0.1) is 17.7 Å². The van der Waals surface area contributed by atoms with Gasteiger partial charge in [0.1, 0.15) is 5.82 Å². The Hall–Kier alpha value is -1.41. The van der Waals surface area contributed by atoms with Gasteiger partial charge in [-0.15, -0.1) is 0 Å². The predicted molar refractivity (Wildman–Crippen MR) is 84.3 cm³/mol. The molecule has 0 aliphatic carbocycles. The summed E-state index contributed by atoms with van der Waals surface area (Å²) in [6.07, 6.45) is 2.38. The van der Waals surface area contributed by atoms with Crippen molar-refractivity contribution < 1.29 is 4.39 Å². The van der Waals surface area contributed by atoms with Gasteiger partial charge < -0.3 is 10.6 Å². The van der Waals surface area contributed by atoms with Crippen LogP contribution in [0.4, 0.5) is 4.39 Å². The Balaban J connectivity index is 1.98. The molecule has 2 N–H and O–H groups in total. The lowest BCUT2D eigenvalue weighted by Gasteiger charge is -2.35. The molecule has 0 aromatic heterocycles. The molecule has 1 heterocycles. The number of benzene rings is 1. The number of nitrogens with zero attached hydrogens (tertiary/aromatic N) is 2. The zero-order valence-corrected chi connectivity index (χ0v) is 12.9. The zero-order chi connectivity index (χ0) is 15.2. The van der Waals surface area contributed by atoms with Gasteiger partial charge in [0.05, 0.1) is 12.1 Å². The number of nitrogens with two attached hydrogens (primary N) is 1. The number of halogens is 1. The van der Waals surface area contributed by atoms with E-state index < -0.39 is 0 Å². The van der Waals surface area contributed by atoms with Gasteiger partial charge in [-0.25, -0.2) is 4.39 Å². The normalized spacial score (nSPS) is 16.8. The van der Waals surface area contributed by atoms with E-state index in [9.17, 15) is 4.39 Å². The molecule has 0 saturated carbocycles. The Bertz CT molecular complexity index is 523. The maximum atomic E-state index is 13.6. The number of rotatable bonds is 3. The molecular formula is C17H24FN3. The molecule has 0 unspecified atom stereocenters. The Morgan fingerprint density at radius 3 is 2.67 bits per heavy atom. The largest absolute Gasteiger partial charge is 0.320 e. The summed E-state index contributed by atoms with van der Waals surface area (Å²) in [6, 6.07) is 5.87. The Kier molecular flexibility index (Phi) is 5.75. The Morgan fingerprint density at radius 2 is 2.05 bits per heavy atom. The van der Waals surface area contributed by atoms with Crippen LogP contribution in [0.25, 0.3) is 0 Å². The molecule has 0 spiro atoms. The van der Waals surface area contributed by atoms with Gasteiger partial charge in [-0.05, 0) is 57.7 Å². The molecule has 21 heavy (non-hydrogen) atoms. The third kappa shape index (κ3) is 4.53. The zero-order valence-electron chi connectivity index (χ0n) is 12.9. The van der Waals surface area contributed by atoms with Gasteiger partial charge >= 0.3 is 0 Å². The molecule has 0 atom stereocenters. The lowest BCUT2D eigenvalue weighted by molar-refractivity contribution is 0.140. The number of hydrogen-bond donors (Lipinski definition) is 1. The Morgan fingerprint density at radius 1 is 1.33 bits per heavy atom. The molecule has 4 heteroatoms. The van der Waals surface area contributed by atoms with E-state index in [4.69, 9.17) is 5.73 Å². The summed E-state index contributed by atoms with van der Waals surface area (Å²) in [5.74, 6) is 5.24. The fourth-order valence-corrected chi connectivity index (χ4v) is 2.76. The molecule has 1 aromatic rings. The van der Waals surface area contributed by atoms with E-state index in [0.717, 1.165) is 25.2 Å². The monoisotopic (exact) mass is 289 g/mol. The molecule has 0 bridgehead atoms. The summed E-state index contributed by atoms with van der Waals surface area (Å²) >= 11 is 0. The van der Waals surface area contributed by atoms with Crippen molar-refractivity contribution in [2.45, 2.75) is 25.4 Å². The minimum Gasteiger partial charge on any atom is -0.320 e. The predicted octanol–water partition coefficient (Wildman–Crippen LogP) is 1.66. The smallest absolute Gasteiger partial charge is 0.138 e. The van der Waals surface area contributed by atoms with Crippen LogP contribution in [0.3, 0.4) is 0 Å². The third-order valence-electron chi connectivity index (χ3n) is 4.05. The van der Waals surface area contributed by atoms with Crippen molar-refractivity contribution in [3.63, 3.8) is 0 Å². The van der Waals surface area contributed by atoms with Crippen LogP contribution in [0.1, 0.15) is 24.0 Å². The lowest BCUT2D eigenvalue weighted by Crippen LogP contribution is -2.41. The summed E-state index contributed by atoms with van der Waals surface area (Å²) in [4.78, 5) is 4.73. The molecule has 1 aliphatic rings. The highest BCUT2D eigenvalue weighted by atomic mass is 19.1. The van der Waals surface area contributed by atoms with Crippen LogP contribution in [0.2, 0.25) is 0 Å². The molecule has 1 saturated heterocycles. The average Bonchev–Trinajstić information content (AvgIpc) is 2.48. The van der Waals surface area contributed by atoms with E-state index in [-0.39, 0.29) is 12.4 Å². The van der Waals surface area contributed by atoms with Crippen LogP contribution in [-0.4, -0.2) is 49.6 Å². The van der Waals surface area contributed by atoms with E-state index in [2.05, 4.69) is 35.7 Å². The van der Waals surface area contributed by atoms with E-state index in [0.29, 0.717) is 11.6 Å². The first kappa shape index (κ1) is 16.0. The van der Waals surface area contributed by atoms with Crippen LogP contribution in [0.15, 0.2) is 18.2 Å². The van der Waals surface area contributed by atoms with E-state index >= 15 is 0 Å². The number of piperidine rings is 1. The van der Waals surface area contributed by atoms with E-state index in [1.807, 2.05) is 12.1 Å². The summed E-state index contributed by atoms with van der Waals surface area (Å²) in [5, 5.41) is 0. The number of likely N-dealkylation sites (tertiary alicyclic amines) is 1. The maximum Gasteiger partial charge on any atom is 0.138 e. The standard InChI is InChI=1S/C17H24FN3/c1-20(2)16-7-10-21(11-8-16)13-14-5-6-17(18)15(12-14)4-3-9-19/h5-6,12,16H,7-11,13,19H2,1-2H3. The first-order valence-corrected chi connectivity index (χ1v) is 7.46. The molecule has 1 aromatic carbocycles. The second kappa shape index (κ2) is 7.56. The average molecular weight is 289 g/mol. The van der Waals surface area contributed by atoms with Crippen molar-refractivity contribution in [1.29, 1.82) is 0 Å². The summed E-state index contributed by atoms with van der Waals surface area (Å²) < 4.78 is 13.6. The highest BCUT2D eigenvalue weighted by molar-refractivity contribution is 5.38. The van der Waals surface area contributed by atoms with Gasteiger partial charge in [-0.2, -0.15) is 0 Å². The number of hydrogen-bond acceptors (Lipinski definition) is 3. The molecule has 114 valence electrons. The van der Waals surface area contributed by atoms with Crippen molar-refractivity contribution in [2.75, 3.05) is 33.7 Å². The minimum atomic E-state index is -0.272. The molecule has 3 nitrogen and oxygen atoms in total. The topological polar surface area (TPSA) is 32.5 Å². The second-order valence-corrected chi connectivity index (χ2v) is 5.79. The van der Waals surface area contributed by atoms with Crippen LogP contribution in [-0.2, 0) is 6.54 Å². The Labute approximate surface area is 126 Å². The van der Waals surface area contributed by atoms with Gasteiger partial charge in [0.15, 0.2) is 0 Å². The molecule has 0 amide bonds. The highest BCUT2D eigenvalue weighted by Crippen LogP contribution is 2.18. The summed E-state index contributed by atoms with van der Waals surface area (Å²) in [5.41, 5.74) is 6.90. The van der Waals surface area contributed by atoms with Crippen LogP contribution >= 0.6 is 0 Å². The summed E-state index contributed by atoms with van der Waals surface area (Å²) in [7, 11) is 4.28. The van der Waals surface area contributed by atoms with Gasteiger partial charge in [0.25, 0.3) is 0 Å². The van der Waals surface area contributed by atoms with Crippen molar-refractivity contribution in [2.24, 2.45) is 5.73 Å². The van der Waals surface area contributed by atoms with Gasteiger partial charge in [0.2, 0.25) is 0 Å². The summed E-state index contributed by atoms with van der Waals surface area (Å²) in [6.45, 7) is 3.29. The molecular weight excluding hydrogens is 265 g/mol. The first-order chi connectivity index (χ1) is 10.1. The minimum absolute atomic E-state index is 0.252. The maximum absolute atomic E-state index is 13.6. The van der Waals surface area contributed by atoms with Crippen molar-refractivity contribution >= 4 is 0 Å². The van der Waals surface area contributed by atoms with Crippen molar-refractivity contribution in [3.05, 3.63) is 35.1 Å².